The molecule has 20 heavy (non-hydrogen) atoms. The smallest absolute Gasteiger partial charge is 0.238 e. The van der Waals surface area contributed by atoms with E-state index >= 15 is 0 Å². The van der Waals surface area contributed by atoms with Crippen LogP contribution in [0.3, 0.4) is 0 Å². The van der Waals surface area contributed by atoms with E-state index in [-0.39, 0.29) is 18.3 Å². The average molecular weight is 300 g/mol. The van der Waals surface area contributed by atoms with E-state index in [4.69, 9.17) is 4.74 Å². The maximum atomic E-state index is 12.0. The fraction of sp³-hybridized carbons (Fsp3) is 0.500. The zero-order chi connectivity index (χ0) is 13.5. The van der Waals surface area contributed by atoms with Crippen LogP contribution in [0.25, 0.3) is 0 Å². The fourth-order valence-corrected chi connectivity index (χ4v) is 2.16. The Morgan fingerprint density at radius 3 is 3.05 bits per heavy atom. The lowest BCUT2D eigenvalue weighted by atomic mass is 10.3. The molecule has 1 saturated heterocycles. The molecule has 2 N–H and O–H groups in total. The molecule has 0 atom stereocenters. The number of methoxy groups -OCH3 is 1. The summed E-state index contributed by atoms with van der Waals surface area (Å²) in [5.41, 5.74) is 0.775. The highest BCUT2D eigenvalue weighted by Crippen LogP contribution is 2.16. The minimum Gasteiger partial charge on any atom is -0.497 e. The molecule has 0 bridgehead atoms. The number of anilines is 1. The number of nitrogens with one attached hydrogen (secondary N) is 2. The van der Waals surface area contributed by atoms with E-state index in [9.17, 15) is 4.79 Å². The van der Waals surface area contributed by atoms with Crippen LogP contribution in [0.5, 0.6) is 5.75 Å². The summed E-state index contributed by atoms with van der Waals surface area (Å²) >= 11 is 0. The van der Waals surface area contributed by atoms with Gasteiger partial charge >= 0.3 is 0 Å². The van der Waals surface area contributed by atoms with Crippen LogP contribution in [0.4, 0.5) is 5.69 Å². The first-order valence-corrected chi connectivity index (χ1v) is 6.65. The Bertz CT molecular complexity index is 421. The highest BCUT2D eigenvalue weighted by atomic mass is 35.5. The molecular weight excluding hydrogens is 278 g/mol. The Morgan fingerprint density at radius 2 is 2.25 bits per heavy atom. The minimum atomic E-state index is 0. The Morgan fingerprint density at radius 1 is 1.40 bits per heavy atom. The molecule has 2 rings (SSSR count). The lowest BCUT2D eigenvalue weighted by Gasteiger charge is -2.18. The molecule has 5 nitrogen and oxygen atoms in total. The molecule has 0 unspecified atom stereocenters. The first-order chi connectivity index (χ1) is 9.28. The molecule has 1 aliphatic heterocycles. The molecule has 6 heteroatoms. The van der Waals surface area contributed by atoms with Crippen LogP contribution in [0.1, 0.15) is 6.42 Å². The van der Waals surface area contributed by atoms with Crippen molar-refractivity contribution in [3.8, 4) is 5.75 Å². The summed E-state index contributed by atoms with van der Waals surface area (Å²) in [7, 11) is 1.62. The number of ether oxygens (including phenoxy) is 1. The van der Waals surface area contributed by atoms with Gasteiger partial charge in [-0.3, -0.25) is 9.69 Å². The van der Waals surface area contributed by atoms with Crippen LogP contribution in [-0.2, 0) is 4.79 Å². The Labute approximate surface area is 126 Å². The van der Waals surface area contributed by atoms with Gasteiger partial charge in [0.15, 0.2) is 0 Å². The summed E-state index contributed by atoms with van der Waals surface area (Å²) < 4.78 is 5.13. The second-order valence-corrected chi connectivity index (χ2v) is 4.66. The quantitative estimate of drug-likeness (QED) is 0.881. The van der Waals surface area contributed by atoms with Gasteiger partial charge in [0.2, 0.25) is 5.91 Å². The van der Waals surface area contributed by atoms with Gasteiger partial charge in [0.05, 0.1) is 13.7 Å². The molecule has 1 fully saturated rings. The van der Waals surface area contributed by atoms with Crippen molar-refractivity contribution in [1.82, 2.24) is 10.2 Å². The molecule has 0 aliphatic carbocycles. The van der Waals surface area contributed by atoms with E-state index in [1.54, 1.807) is 7.11 Å². The van der Waals surface area contributed by atoms with Crippen molar-refractivity contribution in [3.63, 3.8) is 0 Å². The maximum Gasteiger partial charge on any atom is 0.238 e. The van der Waals surface area contributed by atoms with E-state index in [1.807, 2.05) is 24.3 Å². The van der Waals surface area contributed by atoms with Crippen molar-refractivity contribution in [2.45, 2.75) is 6.42 Å². The molecular formula is C14H22ClN3O2. The van der Waals surface area contributed by atoms with Crippen molar-refractivity contribution in [2.75, 3.05) is 45.2 Å². The molecule has 1 aliphatic rings. The molecule has 1 amide bonds. The number of carbonyl (C=O) groups excluding carboxylic acids is 1. The van der Waals surface area contributed by atoms with E-state index in [1.165, 1.54) is 0 Å². The zero-order valence-corrected chi connectivity index (χ0v) is 12.5. The summed E-state index contributed by atoms with van der Waals surface area (Å²) in [4.78, 5) is 14.2. The lowest BCUT2D eigenvalue weighted by Crippen LogP contribution is -2.35. The van der Waals surface area contributed by atoms with E-state index in [0.29, 0.717) is 6.54 Å². The van der Waals surface area contributed by atoms with Crippen molar-refractivity contribution < 1.29 is 9.53 Å². The number of rotatable bonds is 4. The van der Waals surface area contributed by atoms with Crippen LogP contribution in [0, 0.1) is 0 Å². The topological polar surface area (TPSA) is 53.6 Å². The second-order valence-electron chi connectivity index (χ2n) is 4.66. The third kappa shape index (κ3) is 5.36. The Hall–Kier alpha value is -1.30. The van der Waals surface area contributed by atoms with Gasteiger partial charge in [-0.1, -0.05) is 6.07 Å². The highest BCUT2D eigenvalue weighted by Gasteiger charge is 2.12. The first-order valence-electron chi connectivity index (χ1n) is 6.65. The molecule has 1 aromatic carbocycles. The van der Waals surface area contributed by atoms with Gasteiger partial charge in [-0.15, -0.1) is 12.4 Å². The summed E-state index contributed by atoms with van der Waals surface area (Å²) in [6.07, 6.45) is 1.09. The summed E-state index contributed by atoms with van der Waals surface area (Å²) in [5.74, 6) is 0.770. The number of carbonyl (C=O) groups is 1. The van der Waals surface area contributed by atoms with E-state index in [0.717, 1.165) is 44.0 Å². The molecule has 0 radical (unpaired) electrons. The first kappa shape index (κ1) is 16.8. The van der Waals surface area contributed by atoms with Gasteiger partial charge in [0.1, 0.15) is 5.75 Å². The summed E-state index contributed by atoms with van der Waals surface area (Å²) in [6.45, 7) is 4.32. The summed E-state index contributed by atoms with van der Waals surface area (Å²) in [5, 5.41) is 6.23. The zero-order valence-electron chi connectivity index (χ0n) is 11.7. The number of benzene rings is 1. The van der Waals surface area contributed by atoms with Crippen LogP contribution in [0.15, 0.2) is 24.3 Å². The predicted molar refractivity (Wildman–Crippen MR) is 82.8 cm³/mol. The van der Waals surface area contributed by atoms with Gasteiger partial charge in [0.25, 0.3) is 0 Å². The van der Waals surface area contributed by atoms with Crippen molar-refractivity contribution in [2.24, 2.45) is 0 Å². The van der Waals surface area contributed by atoms with E-state index < -0.39 is 0 Å². The number of nitrogens with zero attached hydrogens (tertiary/aromatic N) is 1. The minimum absolute atomic E-state index is 0. The number of amides is 1. The highest BCUT2D eigenvalue weighted by molar-refractivity contribution is 5.92. The van der Waals surface area contributed by atoms with Gasteiger partial charge in [-0.25, -0.2) is 0 Å². The molecule has 112 valence electrons. The number of hydrogen-bond donors (Lipinski definition) is 2. The lowest BCUT2D eigenvalue weighted by molar-refractivity contribution is -0.117. The average Bonchev–Trinajstić information content (AvgIpc) is 2.67. The Balaban J connectivity index is 0.00000200. The fourth-order valence-electron chi connectivity index (χ4n) is 2.16. The molecule has 0 saturated carbocycles. The van der Waals surface area contributed by atoms with Crippen molar-refractivity contribution in [1.29, 1.82) is 0 Å². The van der Waals surface area contributed by atoms with Crippen molar-refractivity contribution >= 4 is 24.0 Å². The standard InChI is InChI=1S/C14H21N3O2.ClH/c1-19-13-5-2-4-12(10-13)16-14(18)11-17-8-3-6-15-7-9-17;/h2,4-5,10,15H,3,6-9,11H2,1H3,(H,16,18);1H. The van der Waals surface area contributed by atoms with Gasteiger partial charge in [-0.2, -0.15) is 0 Å². The third-order valence-corrected chi connectivity index (χ3v) is 3.15. The van der Waals surface area contributed by atoms with Gasteiger partial charge in [0, 0.05) is 24.8 Å². The Kier molecular flexibility index (Phi) is 7.36. The molecule has 1 heterocycles. The predicted octanol–water partition coefficient (Wildman–Crippen LogP) is 1.35. The number of hydrogen-bond acceptors (Lipinski definition) is 4. The van der Waals surface area contributed by atoms with Crippen LogP contribution < -0.4 is 15.4 Å². The normalized spacial score (nSPS) is 15.8. The summed E-state index contributed by atoms with van der Waals surface area (Å²) in [6, 6.07) is 7.41. The van der Waals surface area contributed by atoms with Crippen LogP contribution in [-0.4, -0.2) is 50.6 Å². The molecule has 1 aromatic rings. The van der Waals surface area contributed by atoms with Gasteiger partial charge < -0.3 is 15.4 Å². The monoisotopic (exact) mass is 299 g/mol. The SMILES string of the molecule is COc1cccc(NC(=O)CN2CCCNCC2)c1.Cl. The maximum absolute atomic E-state index is 12.0. The molecule has 0 spiro atoms. The van der Waals surface area contributed by atoms with Crippen molar-refractivity contribution in [3.05, 3.63) is 24.3 Å². The van der Waals surface area contributed by atoms with E-state index in [2.05, 4.69) is 15.5 Å². The largest absolute Gasteiger partial charge is 0.497 e. The molecule has 0 aromatic heterocycles. The van der Waals surface area contributed by atoms with Crippen LogP contribution >= 0.6 is 12.4 Å². The second kappa shape index (κ2) is 8.79. The van der Waals surface area contributed by atoms with Gasteiger partial charge in [-0.05, 0) is 31.6 Å². The van der Waals surface area contributed by atoms with Crippen LogP contribution in [0.2, 0.25) is 0 Å². The third-order valence-electron chi connectivity index (χ3n) is 3.15. The number of halogens is 1.